The summed E-state index contributed by atoms with van der Waals surface area (Å²) in [5.74, 6) is 0. The zero-order valence-corrected chi connectivity index (χ0v) is 12.0. The lowest BCUT2D eigenvalue weighted by Gasteiger charge is -2.04. The molecular weight excluding hydrogens is 272 g/mol. The first-order valence-electron chi connectivity index (χ1n) is 6.20. The molecule has 0 aliphatic carbocycles. The van der Waals surface area contributed by atoms with Crippen molar-refractivity contribution in [2.75, 3.05) is 6.26 Å². The standard InChI is InChI=1S/C15H14N2O2S/c1-10-14-8-5-12(9-15(14)17-16-10)11-3-6-13(7-4-11)20(2,18)19/h3-9H,1-2H3,(H,16,17). The highest BCUT2D eigenvalue weighted by molar-refractivity contribution is 7.90. The van der Waals surface area contributed by atoms with Gasteiger partial charge in [0.05, 0.1) is 16.1 Å². The van der Waals surface area contributed by atoms with Crippen LogP contribution in [0.25, 0.3) is 22.0 Å². The molecule has 0 saturated carbocycles. The maximum absolute atomic E-state index is 11.4. The Morgan fingerprint density at radius 2 is 1.65 bits per heavy atom. The Balaban J connectivity index is 2.06. The Labute approximate surface area is 117 Å². The van der Waals surface area contributed by atoms with Crippen LogP contribution in [0.15, 0.2) is 47.4 Å². The number of aromatic nitrogens is 2. The highest BCUT2D eigenvalue weighted by Gasteiger charge is 2.08. The molecule has 0 radical (unpaired) electrons. The number of fused-ring (bicyclic) bond motifs is 1. The average molecular weight is 286 g/mol. The molecule has 0 bridgehead atoms. The molecule has 3 aromatic rings. The lowest BCUT2D eigenvalue weighted by molar-refractivity contribution is 0.602. The molecule has 0 fully saturated rings. The normalized spacial score (nSPS) is 11.9. The Bertz CT molecular complexity index is 878. The fourth-order valence-corrected chi connectivity index (χ4v) is 2.86. The third-order valence-corrected chi connectivity index (χ3v) is 4.50. The highest BCUT2D eigenvalue weighted by Crippen LogP contribution is 2.25. The lowest BCUT2D eigenvalue weighted by atomic mass is 10.0. The second-order valence-corrected chi connectivity index (χ2v) is 6.88. The van der Waals surface area contributed by atoms with Gasteiger partial charge in [-0.1, -0.05) is 24.3 Å². The molecule has 0 saturated heterocycles. The van der Waals surface area contributed by atoms with Crippen molar-refractivity contribution in [3.63, 3.8) is 0 Å². The number of rotatable bonds is 2. The number of nitrogens with zero attached hydrogens (tertiary/aromatic N) is 1. The van der Waals surface area contributed by atoms with Gasteiger partial charge in [-0.05, 0) is 36.2 Å². The fourth-order valence-electron chi connectivity index (χ4n) is 2.23. The molecule has 0 amide bonds. The lowest BCUT2D eigenvalue weighted by Crippen LogP contribution is -1.96. The Morgan fingerprint density at radius 3 is 2.30 bits per heavy atom. The average Bonchev–Trinajstić information content (AvgIpc) is 2.79. The molecule has 102 valence electrons. The van der Waals surface area contributed by atoms with Crippen LogP contribution in [0.5, 0.6) is 0 Å². The Morgan fingerprint density at radius 1 is 1.00 bits per heavy atom. The van der Waals surface area contributed by atoms with E-state index in [2.05, 4.69) is 10.2 Å². The van der Waals surface area contributed by atoms with Crippen molar-refractivity contribution < 1.29 is 8.42 Å². The molecule has 0 unspecified atom stereocenters. The maximum Gasteiger partial charge on any atom is 0.175 e. The second kappa shape index (κ2) is 4.45. The topological polar surface area (TPSA) is 62.8 Å². The van der Waals surface area contributed by atoms with Crippen LogP contribution in [0.3, 0.4) is 0 Å². The van der Waals surface area contributed by atoms with Gasteiger partial charge < -0.3 is 0 Å². The van der Waals surface area contributed by atoms with Gasteiger partial charge in [0.15, 0.2) is 9.84 Å². The minimum absolute atomic E-state index is 0.333. The van der Waals surface area contributed by atoms with E-state index in [1.54, 1.807) is 12.1 Å². The number of benzene rings is 2. The number of aromatic amines is 1. The minimum atomic E-state index is -3.15. The molecule has 3 rings (SSSR count). The van der Waals surface area contributed by atoms with Gasteiger partial charge in [-0.3, -0.25) is 5.10 Å². The van der Waals surface area contributed by atoms with Crippen LogP contribution in [-0.2, 0) is 9.84 Å². The van der Waals surface area contributed by atoms with E-state index in [4.69, 9.17) is 0 Å². The van der Waals surface area contributed by atoms with Crippen LogP contribution in [0.1, 0.15) is 5.69 Å². The Hall–Kier alpha value is -2.14. The van der Waals surface area contributed by atoms with E-state index in [-0.39, 0.29) is 0 Å². The monoisotopic (exact) mass is 286 g/mol. The van der Waals surface area contributed by atoms with E-state index in [0.29, 0.717) is 4.90 Å². The molecule has 1 aromatic heterocycles. The third-order valence-electron chi connectivity index (χ3n) is 3.37. The third kappa shape index (κ3) is 2.20. The van der Waals surface area contributed by atoms with E-state index in [1.807, 2.05) is 37.3 Å². The number of hydrogen-bond donors (Lipinski definition) is 1. The van der Waals surface area contributed by atoms with Gasteiger partial charge in [0.25, 0.3) is 0 Å². The predicted octanol–water partition coefficient (Wildman–Crippen LogP) is 2.94. The molecule has 4 nitrogen and oxygen atoms in total. The number of sulfone groups is 1. The van der Waals surface area contributed by atoms with Crippen LogP contribution in [0, 0.1) is 6.92 Å². The van der Waals surface area contributed by atoms with Gasteiger partial charge in [0.1, 0.15) is 0 Å². The van der Waals surface area contributed by atoms with Gasteiger partial charge in [-0.25, -0.2) is 8.42 Å². The zero-order chi connectivity index (χ0) is 14.3. The summed E-state index contributed by atoms with van der Waals surface area (Å²) in [5, 5.41) is 8.26. The van der Waals surface area contributed by atoms with Crippen LogP contribution in [-0.4, -0.2) is 24.9 Å². The highest BCUT2D eigenvalue weighted by atomic mass is 32.2. The summed E-state index contributed by atoms with van der Waals surface area (Å²) in [6, 6.07) is 13.0. The van der Waals surface area contributed by atoms with Crippen molar-refractivity contribution in [2.45, 2.75) is 11.8 Å². The molecule has 0 aliphatic heterocycles. The molecule has 2 aromatic carbocycles. The molecular formula is C15H14N2O2S. The summed E-state index contributed by atoms with van der Waals surface area (Å²) in [6.07, 6.45) is 1.21. The molecule has 20 heavy (non-hydrogen) atoms. The fraction of sp³-hybridized carbons (Fsp3) is 0.133. The summed E-state index contributed by atoms with van der Waals surface area (Å²) in [6.45, 7) is 1.96. The number of H-pyrrole nitrogens is 1. The molecule has 0 atom stereocenters. The minimum Gasteiger partial charge on any atom is -0.278 e. The van der Waals surface area contributed by atoms with E-state index >= 15 is 0 Å². The van der Waals surface area contributed by atoms with Crippen molar-refractivity contribution in [2.24, 2.45) is 0 Å². The van der Waals surface area contributed by atoms with Crippen molar-refractivity contribution in [1.29, 1.82) is 0 Å². The number of hydrogen-bond acceptors (Lipinski definition) is 3. The molecule has 1 heterocycles. The van der Waals surface area contributed by atoms with Crippen molar-refractivity contribution >= 4 is 20.7 Å². The number of aryl methyl sites for hydroxylation is 1. The largest absolute Gasteiger partial charge is 0.278 e. The SMILES string of the molecule is Cc1n[nH]c2cc(-c3ccc(S(C)(=O)=O)cc3)ccc12. The molecule has 0 aliphatic rings. The van der Waals surface area contributed by atoms with Crippen LogP contribution < -0.4 is 0 Å². The van der Waals surface area contributed by atoms with Gasteiger partial charge in [-0.2, -0.15) is 5.10 Å². The first-order valence-corrected chi connectivity index (χ1v) is 8.09. The van der Waals surface area contributed by atoms with Gasteiger partial charge in [0.2, 0.25) is 0 Å². The molecule has 1 N–H and O–H groups in total. The van der Waals surface area contributed by atoms with E-state index < -0.39 is 9.84 Å². The Kier molecular flexibility index (Phi) is 2.87. The molecule has 0 spiro atoms. The smallest absolute Gasteiger partial charge is 0.175 e. The zero-order valence-electron chi connectivity index (χ0n) is 11.2. The summed E-state index contributed by atoms with van der Waals surface area (Å²) in [5.41, 5.74) is 3.96. The first-order chi connectivity index (χ1) is 9.45. The number of nitrogens with one attached hydrogen (secondary N) is 1. The molecule has 5 heteroatoms. The van der Waals surface area contributed by atoms with Gasteiger partial charge in [0, 0.05) is 11.6 Å². The second-order valence-electron chi connectivity index (χ2n) is 4.87. The van der Waals surface area contributed by atoms with Gasteiger partial charge >= 0.3 is 0 Å². The summed E-state index contributed by atoms with van der Waals surface area (Å²) in [4.78, 5) is 0.333. The van der Waals surface area contributed by atoms with Crippen molar-refractivity contribution in [1.82, 2.24) is 10.2 Å². The summed E-state index contributed by atoms with van der Waals surface area (Å²) in [7, 11) is -3.15. The maximum atomic E-state index is 11.4. The predicted molar refractivity (Wildman–Crippen MR) is 79.4 cm³/mol. The van der Waals surface area contributed by atoms with E-state index in [1.165, 1.54) is 6.26 Å². The van der Waals surface area contributed by atoms with Crippen molar-refractivity contribution in [3.8, 4) is 11.1 Å². The van der Waals surface area contributed by atoms with Crippen LogP contribution >= 0.6 is 0 Å². The summed E-state index contributed by atoms with van der Waals surface area (Å²) >= 11 is 0. The van der Waals surface area contributed by atoms with E-state index in [0.717, 1.165) is 27.7 Å². The van der Waals surface area contributed by atoms with E-state index in [9.17, 15) is 8.42 Å². The quantitative estimate of drug-likeness (QED) is 0.787. The first kappa shape index (κ1) is 12.9. The van der Waals surface area contributed by atoms with Crippen LogP contribution in [0.4, 0.5) is 0 Å². The van der Waals surface area contributed by atoms with Gasteiger partial charge in [-0.15, -0.1) is 0 Å². The van der Waals surface area contributed by atoms with Crippen LogP contribution in [0.2, 0.25) is 0 Å². The summed E-state index contributed by atoms with van der Waals surface area (Å²) < 4.78 is 22.9. The van der Waals surface area contributed by atoms with Crippen molar-refractivity contribution in [3.05, 3.63) is 48.2 Å².